The van der Waals surface area contributed by atoms with Gasteiger partial charge in [-0.1, -0.05) is 196 Å². The van der Waals surface area contributed by atoms with E-state index < -0.39 is 5.41 Å². The van der Waals surface area contributed by atoms with E-state index in [9.17, 15) is 0 Å². The second-order valence-corrected chi connectivity index (χ2v) is 25.5. The molecule has 0 bridgehead atoms. The Bertz CT molecular complexity index is 5450. The van der Waals surface area contributed by atoms with Crippen molar-refractivity contribution in [3.63, 3.8) is 0 Å². The molecule has 2 spiro atoms. The number of benzene rings is 12. The summed E-state index contributed by atoms with van der Waals surface area (Å²) in [7, 11) is 0. The van der Waals surface area contributed by atoms with Gasteiger partial charge in [0.05, 0.1) is 28.4 Å². The molecule has 3 nitrogen and oxygen atoms in total. The zero-order valence-corrected chi connectivity index (χ0v) is 44.9. The number of fused-ring (bicyclic) bond motifs is 25. The van der Waals surface area contributed by atoms with Gasteiger partial charge in [0.2, 0.25) is 0 Å². The van der Waals surface area contributed by atoms with Gasteiger partial charge in [-0.05, 0) is 159 Å². The Morgan fingerprint density at radius 2 is 0.780 bits per heavy atom. The van der Waals surface area contributed by atoms with Gasteiger partial charge in [0.25, 0.3) is 0 Å². The number of hydrogen-bond donors (Lipinski definition) is 0. The van der Waals surface area contributed by atoms with E-state index in [1.807, 2.05) is 0 Å². The minimum Gasteiger partial charge on any atom is -0.308 e. The molecule has 0 fully saturated rings. The third-order valence-electron chi connectivity index (χ3n) is 22.2. The lowest BCUT2D eigenvalue weighted by Crippen LogP contribution is -2.61. The van der Waals surface area contributed by atoms with E-state index in [0.29, 0.717) is 0 Å². The fourth-order valence-electron chi connectivity index (χ4n) is 19.2. The monoisotopic (exact) mass is 1040 g/mol. The van der Waals surface area contributed by atoms with Crippen molar-refractivity contribution < 1.29 is 9.59 Å². The average Bonchev–Trinajstić information content (AvgIpc) is 0.781. The molecule has 14 aromatic rings. The molecule has 3 heteroatoms. The highest BCUT2D eigenvalue weighted by Gasteiger charge is 2.71. The number of nitrogens with zero attached hydrogens (tertiary/aromatic N) is 1. The van der Waals surface area contributed by atoms with Crippen molar-refractivity contribution in [2.45, 2.75) is 53.8 Å². The largest absolute Gasteiger partial charge is 0.308 e. The number of carbonyl (C=O) groups is 2. The molecule has 82 heavy (non-hydrogen) atoms. The zero-order chi connectivity index (χ0) is 53.6. The molecular formula is C79H47NO2. The van der Waals surface area contributed by atoms with Crippen molar-refractivity contribution in [3.8, 4) is 33.4 Å². The quantitative estimate of drug-likeness (QED) is 0.162. The smallest absolute Gasteiger partial charge is 0.171 e. The molecule has 2 heterocycles. The Morgan fingerprint density at radius 3 is 1.34 bits per heavy atom. The topological polar surface area (TPSA) is 38.5 Å². The molecule has 0 saturated carbocycles. The van der Waals surface area contributed by atoms with Crippen LogP contribution in [0.15, 0.2) is 224 Å². The lowest BCUT2D eigenvalue weighted by atomic mass is 9.36. The van der Waals surface area contributed by atoms with Gasteiger partial charge < -0.3 is 4.40 Å². The van der Waals surface area contributed by atoms with Crippen molar-refractivity contribution >= 4 is 71.2 Å². The van der Waals surface area contributed by atoms with Crippen LogP contribution in [0.1, 0.15) is 125 Å². The van der Waals surface area contributed by atoms with E-state index in [4.69, 9.17) is 0 Å². The molecule has 21 rings (SSSR count). The predicted octanol–water partition coefficient (Wildman–Crippen LogP) is 18.2. The van der Waals surface area contributed by atoms with Crippen LogP contribution in [0.5, 0.6) is 0 Å². The highest BCUT2D eigenvalue weighted by Crippen LogP contribution is 2.76. The maximum absolute atomic E-state index is 15.9. The molecule has 380 valence electrons. The maximum atomic E-state index is 15.9. The summed E-state index contributed by atoms with van der Waals surface area (Å²) in [6.45, 7) is 4.79. The molecule has 6 atom stereocenters. The summed E-state index contributed by atoms with van der Waals surface area (Å²) in [5.74, 6) is -0.0509. The first kappa shape index (κ1) is 43.1. The van der Waals surface area contributed by atoms with Crippen LogP contribution in [0.3, 0.4) is 0 Å². The number of Topliss-reactive ketones (excluding diaryl/α,β-unsaturated/α-hetero) is 2. The summed E-state index contributed by atoms with van der Waals surface area (Å²) in [5, 5.41) is 9.50. The molecule has 0 aliphatic heterocycles. The van der Waals surface area contributed by atoms with Crippen LogP contribution in [0.2, 0.25) is 0 Å². The van der Waals surface area contributed by atoms with Crippen LogP contribution in [0.25, 0.3) is 93.0 Å². The number of ketones is 2. The second-order valence-electron chi connectivity index (χ2n) is 25.5. The van der Waals surface area contributed by atoms with Gasteiger partial charge in [0.1, 0.15) is 0 Å². The van der Waals surface area contributed by atoms with Gasteiger partial charge in [-0.25, -0.2) is 0 Å². The first-order valence-electron chi connectivity index (χ1n) is 29.3. The molecule has 0 N–H and O–H groups in total. The van der Waals surface area contributed by atoms with Crippen LogP contribution >= 0.6 is 0 Å². The number of hydrogen-bond acceptors (Lipinski definition) is 2. The standard InChI is InChI=1S/C79H47NO2/c1-77(2)58-28-14-9-23-42(58)48-33-50-47(37-63(48)77)51-35-54-49-34-52-55(75(81)72-45-26-12-17-31-61(45)78(72)59-29-15-10-24-43(59)70(52)78)38-64(49)80-65-39-56-53(71-44-25-11-16-30-60(44)79(71)62-32-18-13-27-46(62)73(79)76(56)82)36-57(65)69(74(54)80)68(51)67(41-21-7-4-8-22-41)66(50)40-19-5-3-6-20-40/h3-39,70-73H,1-2H3. The van der Waals surface area contributed by atoms with Gasteiger partial charge in [0, 0.05) is 66.1 Å². The van der Waals surface area contributed by atoms with E-state index in [2.05, 4.69) is 243 Å². The third-order valence-corrected chi connectivity index (χ3v) is 22.2. The van der Waals surface area contributed by atoms with Gasteiger partial charge in [0.15, 0.2) is 11.6 Å². The van der Waals surface area contributed by atoms with Crippen LogP contribution in [0.4, 0.5) is 0 Å². The number of carbonyl (C=O) groups excluding carboxylic acids is 2. The van der Waals surface area contributed by atoms with Crippen LogP contribution in [-0.2, 0) is 16.2 Å². The molecule has 7 aliphatic rings. The summed E-state index contributed by atoms with van der Waals surface area (Å²) in [4.78, 5) is 31.7. The van der Waals surface area contributed by atoms with Crippen molar-refractivity contribution in [3.05, 3.63) is 302 Å². The fourth-order valence-corrected chi connectivity index (χ4v) is 19.2. The Balaban J connectivity index is 0.973. The first-order chi connectivity index (χ1) is 40.3. The Morgan fingerprint density at radius 1 is 0.317 bits per heavy atom. The van der Waals surface area contributed by atoms with E-state index in [1.165, 1.54) is 105 Å². The Hall–Kier alpha value is -9.70. The van der Waals surface area contributed by atoms with Crippen molar-refractivity contribution in [1.82, 2.24) is 4.40 Å². The number of aromatic nitrogens is 1. The molecule has 6 unspecified atom stereocenters. The zero-order valence-electron chi connectivity index (χ0n) is 44.9. The lowest BCUT2D eigenvalue weighted by molar-refractivity contribution is 0.0839. The summed E-state index contributed by atoms with van der Waals surface area (Å²) >= 11 is 0. The third kappa shape index (κ3) is 4.39. The Kier molecular flexibility index (Phi) is 7.31. The van der Waals surface area contributed by atoms with E-state index in [1.54, 1.807) is 0 Å². The minimum atomic E-state index is -0.411. The predicted molar refractivity (Wildman–Crippen MR) is 330 cm³/mol. The lowest BCUT2D eigenvalue weighted by Gasteiger charge is -2.64. The first-order valence-corrected chi connectivity index (χ1v) is 29.3. The van der Waals surface area contributed by atoms with Crippen LogP contribution in [-0.4, -0.2) is 16.0 Å². The van der Waals surface area contributed by atoms with Crippen LogP contribution in [0, 0.1) is 0 Å². The van der Waals surface area contributed by atoms with Gasteiger partial charge in [-0.3, -0.25) is 9.59 Å². The normalized spacial score (nSPS) is 22.8. The molecular weight excluding hydrogens is 995 g/mol. The molecule has 12 aromatic carbocycles. The highest BCUT2D eigenvalue weighted by molar-refractivity contribution is 6.39. The molecule has 2 aromatic heterocycles. The van der Waals surface area contributed by atoms with Crippen molar-refractivity contribution in [1.29, 1.82) is 0 Å². The summed E-state index contributed by atoms with van der Waals surface area (Å²) in [6, 6.07) is 83.5. The molecule has 0 amide bonds. The number of rotatable bonds is 2. The minimum absolute atomic E-state index is 0.0187. The molecule has 0 saturated heterocycles. The summed E-state index contributed by atoms with van der Waals surface area (Å²) < 4.78 is 2.48. The fraction of sp³-hybridized carbons (Fsp3) is 0.114. The van der Waals surface area contributed by atoms with E-state index in [0.717, 1.165) is 66.3 Å². The maximum Gasteiger partial charge on any atom is 0.171 e. The van der Waals surface area contributed by atoms with Crippen molar-refractivity contribution in [2.75, 3.05) is 0 Å². The molecule has 7 aliphatic carbocycles. The summed E-state index contributed by atoms with van der Waals surface area (Å²) in [5.41, 5.74) is 26.1. The van der Waals surface area contributed by atoms with Crippen LogP contribution < -0.4 is 0 Å². The molecule has 0 radical (unpaired) electrons. The van der Waals surface area contributed by atoms with E-state index >= 15 is 9.59 Å². The SMILES string of the molecule is CC1(C)c2ccccc2-c2cc3c(-c4ccccc4)c(-c4ccccc4)c4c(cc5c6cc7c(cc6n6c8cc9c(cc8c4c56)C4c5ccccc5C45c4ccccc4C5C9=O)C(=O)C4c5ccccc5C45c4ccccc4C75)c3cc21. The highest BCUT2D eigenvalue weighted by atomic mass is 16.1. The van der Waals surface area contributed by atoms with E-state index in [-0.39, 0.29) is 46.1 Å². The second kappa shape index (κ2) is 13.9. The van der Waals surface area contributed by atoms with Gasteiger partial charge in [-0.15, -0.1) is 0 Å². The Labute approximate surface area is 472 Å². The van der Waals surface area contributed by atoms with Crippen molar-refractivity contribution in [2.24, 2.45) is 0 Å². The van der Waals surface area contributed by atoms with Gasteiger partial charge >= 0.3 is 0 Å². The average molecular weight is 1040 g/mol. The van der Waals surface area contributed by atoms with Gasteiger partial charge in [-0.2, -0.15) is 0 Å². The summed E-state index contributed by atoms with van der Waals surface area (Å²) in [6.07, 6.45) is 0.